The number of hydrogen-bond donors (Lipinski definition) is 1. The molecule has 3 rings (SSSR count). The van der Waals surface area contributed by atoms with Crippen LogP contribution < -0.4 is 10.6 Å². The zero-order valence-electron chi connectivity index (χ0n) is 11.1. The summed E-state index contributed by atoms with van der Waals surface area (Å²) in [6.07, 6.45) is 12.1. The highest BCUT2D eigenvalue weighted by molar-refractivity contribution is 5.33. The van der Waals surface area contributed by atoms with Crippen LogP contribution in [0.25, 0.3) is 0 Å². The maximum absolute atomic E-state index is 5.78. The van der Waals surface area contributed by atoms with Crippen molar-refractivity contribution < 1.29 is 0 Å². The van der Waals surface area contributed by atoms with Gasteiger partial charge in [-0.2, -0.15) is 0 Å². The predicted octanol–water partition coefficient (Wildman–Crippen LogP) is 2.17. The third-order valence-electron chi connectivity index (χ3n) is 4.52. The molecule has 18 heavy (non-hydrogen) atoms. The molecule has 1 aliphatic carbocycles. The molecule has 1 saturated heterocycles. The molecule has 0 amide bonds. The highest BCUT2D eigenvalue weighted by Gasteiger charge is 2.26. The summed E-state index contributed by atoms with van der Waals surface area (Å²) in [5.74, 6) is 1.83. The molecule has 100 valence electrons. The Hall–Kier alpha value is -1.03. The third kappa shape index (κ3) is 2.26. The lowest BCUT2D eigenvalue weighted by Crippen LogP contribution is -2.27. The number of hydrogen-bond acceptors (Lipinski definition) is 3. The van der Waals surface area contributed by atoms with Gasteiger partial charge in [0.25, 0.3) is 0 Å². The molecule has 1 atom stereocenters. The van der Waals surface area contributed by atoms with E-state index < -0.39 is 0 Å². The van der Waals surface area contributed by atoms with Crippen molar-refractivity contribution in [2.75, 3.05) is 24.5 Å². The molecular weight excluding hydrogens is 224 g/mol. The molecule has 2 heterocycles. The molecule has 2 aliphatic rings. The fourth-order valence-electron chi connectivity index (χ4n) is 3.40. The van der Waals surface area contributed by atoms with Crippen LogP contribution in [0.4, 0.5) is 5.95 Å². The first-order valence-corrected chi connectivity index (χ1v) is 7.36. The Morgan fingerprint density at radius 1 is 1.22 bits per heavy atom. The van der Waals surface area contributed by atoms with Gasteiger partial charge in [0, 0.05) is 31.5 Å². The van der Waals surface area contributed by atoms with E-state index in [4.69, 9.17) is 5.73 Å². The summed E-state index contributed by atoms with van der Waals surface area (Å²) in [7, 11) is 0. The molecule has 1 aliphatic heterocycles. The molecular formula is C14H24N4. The summed E-state index contributed by atoms with van der Waals surface area (Å²) >= 11 is 0. The molecule has 0 bridgehead atoms. The molecule has 1 aromatic heterocycles. The monoisotopic (exact) mass is 248 g/mol. The van der Waals surface area contributed by atoms with E-state index in [9.17, 15) is 0 Å². The van der Waals surface area contributed by atoms with Gasteiger partial charge in [-0.05, 0) is 31.7 Å². The number of aromatic nitrogens is 2. The fraction of sp³-hybridized carbons (Fsp3) is 0.786. The smallest absolute Gasteiger partial charge is 0.205 e. The molecule has 0 spiro atoms. The van der Waals surface area contributed by atoms with Crippen LogP contribution in [0.3, 0.4) is 0 Å². The Morgan fingerprint density at radius 2 is 2.06 bits per heavy atom. The van der Waals surface area contributed by atoms with Crippen LogP contribution in [0.2, 0.25) is 0 Å². The molecule has 1 aromatic rings. The Morgan fingerprint density at radius 3 is 2.78 bits per heavy atom. The topological polar surface area (TPSA) is 47.1 Å². The maximum Gasteiger partial charge on any atom is 0.205 e. The van der Waals surface area contributed by atoms with Gasteiger partial charge in [-0.3, -0.25) is 0 Å². The summed E-state index contributed by atoms with van der Waals surface area (Å²) in [4.78, 5) is 7.01. The number of rotatable bonds is 3. The van der Waals surface area contributed by atoms with Crippen molar-refractivity contribution in [3.63, 3.8) is 0 Å². The molecule has 4 heteroatoms. The zero-order valence-corrected chi connectivity index (χ0v) is 11.1. The maximum atomic E-state index is 5.78. The number of nitrogens with zero attached hydrogens (tertiary/aromatic N) is 3. The highest BCUT2D eigenvalue weighted by atomic mass is 15.3. The largest absolute Gasteiger partial charge is 0.342 e. The van der Waals surface area contributed by atoms with E-state index in [1.165, 1.54) is 44.5 Å². The van der Waals surface area contributed by atoms with Crippen molar-refractivity contribution in [2.24, 2.45) is 11.7 Å². The SMILES string of the molecule is NCC1CCN(c2nccn2C2CCCCC2)C1. The van der Waals surface area contributed by atoms with Gasteiger partial charge in [0.05, 0.1) is 0 Å². The van der Waals surface area contributed by atoms with Crippen LogP contribution in [0, 0.1) is 5.92 Å². The van der Waals surface area contributed by atoms with E-state index in [1.807, 2.05) is 6.20 Å². The van der Waals surface area contributed by atoms with Crippen LogP contribution in [0.5, 0.6) is 0 Å². The van der Waals surface area contributed by atoms with Gasteiger partial charge in [0.1, 0.15) is 0 Å². The minimum atomic E-state index is 0.654. The zero-order chi connectivity index (χ0) is 12.4. The molecule has 1 saturated carbocycles. The van der Waals surface area contributed by atoms with Crippen LogP contribution in [-0.4, -0.2) is 29.2 Å². The quantitative estimate of drug-likeness (QED) is 0.892. The van der Waals surface area contributed by atoms with Crippen molar-refractivity contribution in [2.45, 2.75) is 44.6 Å². The average Bonchev–Trinajstić information content (AvgIpc) is 3.08. The first-order valence-electron chi connectivity index (χ1n) is 7.36. The molecule has 1 unspecified atom stereocenters. The second-order valence-electron chi connectivity index (χ2n) is 5.76. The fourth-order valence-corrected chi connectivity index (χ4v) is 3.40. The minimum Gasteiger partial charge on any atom is -0.342 e. The number of nitrogens with two attached hydrogens (primary N) is 1. The second kappa shape index (κ2) is 5.31. The average molecular weight is 248 g/mol. The first kappa shape index (κ1) is 12.0. The van der Waals surface area contributed by atoms with E-state index in [0.717, 1.165) is 19.6 Å². The lowest BCUT2D eigenvalue weighted by Gasteiger charge is -2.27. The van der Waals surface area contributed by atoms with Gasteiger partial charge in [-0.1, -0.05) is 19.3 Å². The summed E-state index contributed by atoms with van der Waals surface area (Å²) < 4.78 is 2.41. The van der Waals surface area contributed by atoms with Crippen molar-refractivity contribution >= 4 is 5.95 Å². The number of anilines is 1. The third-order valence-corrected chi connectivity index (χ3v) is 4.52. The lowest BCUT2D eigenvalue weighted by atomic mass is 9.95. The molecule has 2 N–H and O–H groups in total. The summed E-state index contributed by atoms with van der Waals surface area (Å²) in [5.41, 5.74) is 5.78. The Bertz CT molecular complexity index is 381. The summed E-state index contributed by atoms with van der Waals surface area (Å²) in [5, 5.41) is 0. The summed E-state index contributed by atoms with van der Waals surface area (Å²) in [6, 6.07) is 0.674. The van der Waals surface area contributed by atoms with Crippen LogP contribution in [0.15, 0.2) is 12.4 Å². The molecule has 0 radical (unpaired) electrons. The van der Waals surface area contributed by atoms with E-state index in [-0.39, 0.29) is 0 Å². The number of imidazole rings is 1. The van der Waals surface area contributed by atoms with Crippen LogP contribution >= 0.6 is 0 Å². The molecule has 2 fully saturated rings. The van der Waals surface area contributed by atoms with Gasteiger partial charge >= 0.3 is 0 Å². The van der Waals surface area contributed by atoms with E-state index in [0.29, 0.717) is 12.0 Å². The minimum absolute atomic E-state index is 0.654. The van der Waals surface area contributed by atoms with Gasteiger partial charge in [0.15, 0.2) is 0 Å². The van der Waals surface area contributed by atoms with Crippen molar-refractivity contribution in [1.82, 2.24) is 9.55 Å². The normalized spacial score (nSPS) is 25.8. The van der Waals surface area contributed by atoms with Gasteiger partial charge in [0.2, 0.25) is 5.95 Å². The van der Waals surface area contributed by atoms with Crippen LogP contribution in [-0.2, 0) is 0 Å². The summed E-state index contributed by atoms with van der Waals surface area (Å²) in [6.45, 7) is 3.01. The van der Waals surface area contributed by atoms with Crippen molar-refractivity contribution in [3.8, 4) is 0 Å². The second-order valence-corrected chi connectivity index (χ2v) is 5.76. The van der Waals surface area contributed by atoms with Crippen molar-refractivity contribution in [1.29, 1.82) is 0 Å². The van der Waals surface area contributed by atoms with E-state index in [1.54, 1.807) is 0 Å². The predicted molar refractivity (Wildman–Crippen MR) is 73.7 cm³/mol. The first-order chi connectivity index (χ1) is 8.88. The Balaban J connectivity index is 1.74. The van der Waals surface area contributed by atoms with E-state index in [2.05, 4.69) is 20.6 Å². The standard InChI is InChI=1S/C14H24N4/c15-10-12-6-8-17(11-12)14-16-7-9-18(14)13-4-2-1-3-5-13/h7,9,12-13H,1-6,8,10-11,15H2. The Labute approximate surface area is 109 Å². The Kier molecular flexibility index (Phi) is 3.55. The van der Waals surface area contributed by atoms with Gasteiger partial charge < -0.3 is 15.2 Å². The van der Waals surface area contributed by atoms with Crippen LogP contribution in [0.1, 0.15) is 44.6 Å². The lowest BCUT2D eigenvalue weighted by molar-refractivity contribution is 0.353. The highest BCUT2D eigenvalue weighted by Crippen LogP contribution is 2.32. The van der Waals surface area contributed by atoms with Gasteiger partial charge in [-0.15, -0.1) is 0 Å². The van der Waals surface area contributed by atoms with Crippen molar-refractivity contribution in [3.05, 3.63) is 12.4 Å². The van der Waals surface area contributed by atoms with Gasteiger partial charge in [-0.25, -0.2) is 4.98 Å². The van der Waals surface area contributed by atoms with E-state index >= 15 is 0 Å². The molecule has 4 nitrogen and oxygen atoms in total. The molecule has 0 aromatic carbocycles.